The number of hydrogen-bond donors (Lipinski definition) is 1. The smallest absolute Gasteiger partial charge is 0.138 e. The van der Waals surface area contributed by atoms with Crippen LogP contribution in [-0.2, 0) is 5.67 Å². The molecule has 1 heterocycles. The Labute approximate surface area is 99.7 Å². The van der Waals surface area contributed by atoms with Crippen LogP contribution in [0.5, 0.6) is 0 Å². The molecular formula is C14H15FN2. The molecule has 1 saturated carbocycles. The Hall–Kier alpha value is -1.48. The minimum atomic E-state index is -1.26. The zero-order valence-electron chi connectivity index (χ0n) is 9.57. The molecule has 0 spiro atoms. The predicted molar refractivity (Wildman–Crippen MR) is 66.4 cm³/mol. The third-order valence-electron chi connectivity index (χ3n) is 3.66. The van der Waals surface area contributed by atoms with E-state index in [0.29, 0.717) is 12.8 Å². The minimum Gasteiger partial charge on any atom is -0.328 e. The summed E-state index contributed by atoms with van der Waals surface area (Å²) in [5, 5.41) is 1.95. The Morgan fingerprint density at radius 2 is 2.24 bits per heavy atom. The molecule has 0 bridgehead atoms. The van der Waals surface area contributed by atoms with E-state index in [9.17, 15) is 4.39 Å². The summed E-state index contributed by atoms with van der Waals surface area (Å²) in [5.41, 5.74) is 5.34. The van der Waals surface area contributed by atoms with Gasteiger partial charge in [0.1, 0.15) is 5.67 Å². The first-order valence-corrected chi connectivity index (χ1v) is 5.97. The maximum Gasteiger partial charge on any atom is 0.138 e. The van der Waals surface area contributed by atoms with Crippen molar-refractivity contribution in [2.45, 2.75) is 31.0 Å². The third-order valence-corrected chi connectivity index (χ3v) is 3.66. The maximum absolute atomic E-state index is 14.9. The molecule has 88 valence electrons. The lowest BCUT2D eigenvalue weighted by molar-refractivity contribution is 0.174. The number of benzene rings is 1. The average molecular weight is 230 g/mol. The number of nitrogens with two attached hydrogens (primary N) is 1. The summed E-state index contributed by atoms with van der Waals surface area (Å²) in [4.78, 5) is 4.07. The molecule has 2 nitrogen and oxygen atoms in total. The van der Waals surface area contributed by atoms with Crippen LogP contribution < -0.4 is 5.73 Å². The van der Waals surface area contributed by atoms with Crippen LogP contribution in [-0.4, -0.2) is 11.0 Å². The van der Waals surface area contributed by atoms with E-state index >= 15 is 0 Å². The van der Waals surface area contributed by atoms with Crippen molar-refractivity contribution in [3.63, 3.8) is 0 Å². The molecule has 17 heavy (non-hydrogen) atoms. The minimum absolute atomic E-state index is 0.0166. The summed E-state index contributed by atoms with van der Waals surface area (Å²) in [6.45, 7) is 0. The lowest BCUT2D eigenvalue weighted by atomic mass is 9.90. The fraction of sp³-hybridized carbons (Fsp3) is 0.357. The number of aromatic nitrogens is 1. The van der Waals surface area contributed by atoms with Crippen molar-refractivity contribution in [2.24, 2.45) is 5.73 Å². The van der Waals surface area contributed by atoms with Crippen LogP contribution in [0.4, 0.5) is 4.39 Å². The molecule has 1 aromatic carbocycles. The second-order valence-corrected chi connectivity index (χ2v) is 4.87. The highest BCUT2D eigenvalue weighted by Gasteiger charge is 2.40. The second-order valence-electron chi connectivity index (χ2n) is 4.87. The number of alkyl halides is 1. The Morgan fingerprint density at radius 1 is 1.35 bits per heavy atom. The van der Waals surface area contributed by atoms with Gasteiger partial charge in [0, 0.05) is 30.2 Å². The maximum atomic E-state index is 14.9. The van der Waals surface area contributed by atoms with Crippen LogP contribution in [0.25, 0.3) is 10.8 Å². The molecule has 1 fully saturated rings. The molecule has 0 radical (unpaired) electrons. The monoisotopic (exact) mass is 230 g/mol. The molecule has 3 rings (SSSR count). The van der Waals surface area contributed by atoms with Gasteiger partial charge >= 0.3 is 0 Å². The van der Waals surface area contributed by atoms with Crippen molar-refractivity contribution in [3.8, 4) is 0 Å². The van der Waals surface area contributed by atoms with Gasteiger partial charge in [-0.3, -0.25) is 4.98 Å². The molecule has 1 aliphatic rings. The van der Waals surface area contributed by atoms with Gasteiger partial charge in [-0.05, 0) is 29.9 Å². The highest BCUT2D eigenvalue weighted by molar-refractivity contribution is 5.85. The van der Waals surface area contributed by atoms with Crippen LogP contribution in [0.15, 0.2) is 36.7 Å². The van der Waals surface area contributed by atoms with Crippen molar-refractivity contribution >= 4 is 10.8 Å². The topological polar surface area (TPSA) is 38.9 Å². The van der Waals surface area contributed by atoms with Gasteiger partial charge in [0.25, 0.3) is 0 Å². The standard InChI is InChI=1S/C14H15FN2/c15-14(6-4-11(16)8-14)13-3-1-2-10-9-17-7-5-12(10)13/h1-3,5,7,9,11H,4,6,8,16H2. The number of fused-ring (bicyclic) bond motifs is 1. The molecule has 2 atom stereocenters. The summed E-state index contributed by atoms with van der Waals surface area (Å²) in [7, 11) is 0. The molecule has 2 unspecified atom stereocenters. The second kappa shape index (κ2) is 3.77. The van der Waals surface area contributed by atoms with Gasteiger partial charge in [0.2, 0.25) is 0 Å². The third kappa shape index (κ3) is 1.71. The Morgan fingerprint density at radius 3 is 3.00 bits per heavy atom. The summed E-state index contributed by atoms with van der Waals surface area (Å²) >= 11 is 0. The van der Waals surface area contributed by atoms with Gasteiger partial charge < -0.3 is 5.73 Å². The van der Waals surface area contributed by atoms with Gasteiger partial charge in [-0.25, -0.2) is 4.39 Å². The fourth-order valence-corrected chi connectivity index (χ4v) is 2.79. The van der Waals surface area contributed by atoms with Gasteiger partial charge in [-0.2, -0.15) is 0 Å². The number of nitrogens with zero attached hydrogens (tertiary/aromatic N) is 1. The summed E-state index contributed by atoms with van der Waals surface area (Å²) in [5.74, 6) is 0. The van der Waals surface area contributed by atoms with Gasteiger partial charge in [0.15, 0.2) is 0 Å². The number of halogens is 1. The van der Waals surface area contributed by atoms with Gasteiger partial charge in [-0.1, -0.05) is 18.2 Å². The zero-order chi connectivity index (χ0) is 11.9. The first-order valence-electron chi connectivity index (χ1n) is 5.97. The predicted octanol–water partition coefficient (Wildman–Crippen LogP) is 2.91. The lowest BCUT2D eigenvalue weighted by Gasteiger charge is -2.21. The summed E-state index contributed by atoms with van der Waals surface area (Å²) in [6.07, 6.45) is 5.20. The van der Waals surface area contributed by atoms with E-state index < -0.39 is 5.67 Å². The summed E-state index contributed by atoms with van der Waals surface area (Å²) < 4.78 is 14.9. The van der Waals surface area contributed by atoms with Crippen molar-refractivity contribution in [3.05, 3.63) is 42.2 Å². The molecular weight excluding hydrogens is 215 g/mol. The van der Waals surface area contributed by atoms with Crippen LogP contribution in [0.3, 0.4) is 0 Å². The van der Waals surface area contributed by atoms with E-state index in [1.807, 2.05) is 24.3 Å². The summed E-state index contributed by atoms with van der Waals surface area (Å²) in [6, 6.07) is 7.60. The largest absolute Gasteiger partial charge is 0.328 e. The van der Waals surface area contributed by atoms with Crippen LogP contribution in [0.2, 0.25) is 0 Å². The highest BCUT2D eigenvalue weighted by Crippen LogP contribution is 2.44. The van der Waals surface area contributed by atoms with Crippen molar-refractivity contribution < 1.29 is 4.39 Å². The lowest BCUT2D eigenvalue weighted by Crippen LogP contribution is -2.21. The molecule has 1 aromatic heterocycles. The molecule has 0 saturated heterocycles. The molecule has 1 aliphatic carbocycles. The average Bonchev–Trinajstić information content (AvgIpc) is 2.70. The quantitative estimate of drug-likeness (QED) is 0.818. The van der Waals surface area contributed by atoms with Gasteiger partial charge in [-0.15, -0.1) is 0 Å². The first-order chi connectivity index (χ1) is 8.19. The molecule has 0 aliphatic heterocycles. The number of hydrogen-bond acceptors (Lipinski definition) is 2. The van der Waals surface area contributed by atoms with E-state index in [1.54, 1.807) is 12.4 Å². The van der Waals surface area contributed by atoms with Crippen molar-refractivity contribution in [1.82, 2.24) is 4.98 Å². The molecule has 3 heteroatoms. The Kier molecular flexibility index (Phi) is 2.37. The van der Waals surface area contributed by atoms with Crippen LogP contribution in [0, 0.1) is 0 Å². The van der Waals surface area contributed by atoms with E-state index in [2.05, 4.69) is 4.98 Å². The van der Waals surface area contributed by atoms with E-state index in [0.717, 1.165) is 22.8 Å². The molecule has 2 aromatic rings. The fourth-order valence-electron chi connectivity index (χ4n) is 2.79. The number of pyridine rings is 1. The zero-order valence-corrected chi connectivity index (χ0v) is 9.57. The first kappa shape index (κ1) is 10.7. The number of rotatable bonds is 1. The highest BCUT2D eigenvalue weighted by atomic mass is 19.1. The van der Waals surface area contributed by atoms with Gasteiger partial charge in [0.05, 0.1) is 0 Å². The Balaban J connectivity index is 2.17. The van der Waals surface area contributed by atoms with E-state index in [-0.39, 0.29) is 6.04 Å². The van der Waals surface area contributed by atoms with E-state index in [4.69, 9.17) is 5.73 Å². The van der Waals surface area contributed by atoms with Crippen molar-refractivity contribution in [1.29, 1.82) is 0 Å². The Bertz CT molecular complexity index is 549. The SMILES string of the molecule is NC1CCC(F)(c2cccc3cnccc23)C1. The molecule has 0 amide bonds. The normalized spacial score (nSPS) is 28.7. The molecule has 2 N–H and O–H groups in total. The van der Waals surface area contributed by atoms with Crippen molar-refractivity contribution in [2.75, 3.05) is 0 Å². The van der Waals surface area contributed by atoms with E-state index in [1.165, 1.54) is 0 Å². The van der Waals surface area contributed by atoms with Crippen LogP contribution >= 0.6 is 0 Å². The van der Waals surface area contributed by atoms with Crippen LogP contribution in [0.1, 0.15) is 24.8 Å².